The first kappa shape index (κ1) is 22.0. The zero-order valence-electron chi connectivity index (χ0n) is 18.1. The molecule has 0 aliphatic heterocycles. The van der Waals surface area contributed by atoms with Gasteiger partial charge in [0.1, 0.15) is 0 Å². The molecule has 2 aliphatic rings. The van der Waals surface area contributed by atoms with Crippen molar-refractivity contribution in [2.75, 3.05) is 39.6 Å². The highest BCUT2D eigenvalue weighted by molar-refractivity contribution is 5.67. The Bertz CT molecular complexity index is 649. The lowest BCUT2D eigenvalue weighted by Crippen LogP contribution is -2.29. The maximum atomic E-state index is 11.9. The highest BCUT2D eigenvalue weighted by Crippen LogP contribution is 2.52. The van der Waals surface area contributed by atoms with E-state index in [2.05, 4.69) is 41.1 Å². The fourth-order valence-electron chi connectivity index (χ4n) is 4.36. The molecule has 3 atom stereocenters. The summed E-state index contributed by atoms with van der Waals surface area (Å²) in [6.45, 7) is 9.70. The molecule has 1 fully saturated rings. The van der Waals surface area contributed by atoms with Gasteiger partial charge in [-0.1, -0.05) is 12.1 Å². The number of ether oxygens (including phenoxy) is 3. The number of amides is 1. The number of aryl methyl sites for hydroxylation is 1. The lowest BCUT2D eigenvalue weighted by atomic mass is 10.0. The Morgan fingerprint density at radius 1 is 1.14 bits per heavy atom. The quantitative estimate of drug-likeness (QED) is 0.567. The van der Waals surface area contributed by atoms with Crippen LogP contribution in [0.25, 0.3) is 0 Å². The van der Waals surface area contributed by atoms with Crippen LogP contribution < -0.4 is 5.32 Å². The molecule has 1 N–H and O–H groups in total. The van der Waals surface area contributed by atoms with Gasteiger partial charge in [-0.3, -0.25) is 0 Å². The molecule has 1 amide bonds. The molecule has 164 valence electrons. The van der Waals surface area contributed by atoms with Crippen LogP contribution in [0, 0.1) is 17.8 Å². The van der Waals surface area contributed by atoms with Gasteiger partial charge in [0.05, 0.1) is 37.8 Å². The van der Waals surface area contributed by atoms with Gasteiger partial charge in [0.15, 0.2) is 0 Å². The molecule has 8 heteroatoms. The summed E-state index contributed by atoms with van der Waals surface area (Å²) >= 11 is 0. The minimum atomic E-state index is -0.351. The molecule has 0 bridgehead atoms. The Labute approximate surface area is 173 Å². The van der Waals surface area contributed by atoms with Gasteiger partial charge in [-0.05, 0) is 63.7 Å². The number of nitrogens with zero attached hydrogens (tertiary/aromatic N) is 3. The Balaban J connectivity index is 1.30. The number of aromatic nitrogens is 3. The summed E-state index contributed by atoms with van der Waals surface area (Å²) in [5.41, 5.74) is 2.45. The second-order valence-electron chi connectivity index (χ2n) is 8.34. The second-order valence-corrected chi connectivity index (χ2v) is 8.34. The van der Waals surface area contributed by atoms with Crippen LogP contribution in [-0.4, -0.2) is 60.7 Å². The number of alkyl carbamates (subject to hydrolysis) is 1. The van der Waals surface area contributed by atoms with Crippen LogP contribution in [0.5, 0.6) is 0 Å². The van der Waals surface area contributed by atoms with E-state index >= 15 is 0 Å². The monoisotopic (exact) mass is 408 g/mol. The molecule has 8 nitrogen and oxygen atoms in total. The smallest absolute Gasteiger partial charge is 0.407 e. The molecule has 1 aromatic heterocycles. The van der Waals surface area contributed by atoms with E-state index in [0.717, 1.165) is 44.4 Å². The van der Waals surface area contributed by atoms with E-state index < -0.39 is 0 Å². The number of fused-ring (bicyclic) bond motifs is 2. The van der Waals surface area contributed by atoms with E-state index in [1.165, 1.54) is 5.69 Å². The van der Waals surface area contributed by atoms with E-state index in [-0.39, 0.29) is 6.09 Å². The number of rotatable bonds is 11. The zero-order chi connectivity index (χ0) is 20.6. The fourth-order valence-corrected chi connectivity index (χ4v) is 4.36. The van der Waals surface area contributed by atoms with Gasteiger partial charge in [0.2, 0.25) is 0 Å². The SMILES string of the molecule is CCCOCCOCCNC(=O)OCC1C2CCc3nnn(C(C)C)c3CCC21. The highest BCUT2D eigenvalue weighted by Gasteiger charge is 2.50. The van der Waals surface area contributed by atoms with E-state index in [1.807, 2.05) is 0 Å². The summed E-state index contributed by atoms with van der Waals surface area (Å²) in [7, 11) is 0. The summed E-state index contributed by atoms with van der Waals surface area (Å²) in [4.78, 5) is 11.9. The highest BCUT2D eigenvalue weighted by atomic mass is 16.6. The molecule has 29 heavy (non-hydrogen) atoms. The van der Waals surface area contributed by atoms with Crippen molar-refractivity contribution in [3.8, 4) is 0 Å². The normalized spacial score (nSPS) is 23.1. The maximum Gasteiger partial charge on any atom is 0.407 e. The van der Waals surface area contributed by atoms with Gasteiger partial charge in [-0.2, -0.15) is 0 Å². The summed E-state index contributed by atoms with van der Waals surface area (Å²) < 4.78 is 18.3. The Hall–Kier alpha value is -1.67. The van der Waals surface area contributed by atoms with Crippen molar-refractivity contribution in [1.82, 2.24) is 20.3 Å². The minimum absolute atomic E-state index is 0.344. The van der Waals surface area contributed by atoms with Crippen LogP contribution >= 0.6 is 0 Å². The first-order chi connectivity index (χ1) is 14.1. The fraction of sp³-hybridized carbons (Fsp3) is 0.857. The van der Waals surface area contributed by atoms with Crippen molar-refractivity contribution in [2.45, 2.75) is 58.9 Å². The standard InChI is InChI=1S/C21H36N4O4/c1-4-10-27-12-13-28-11-9-22-21(26)29-14-18-16-5-7-19-20(8-6-17(16)18)25(15(2)3)24-23-19/h15-18H,4-14H2,1-3H3,(H,22,26). The van der Waals surface area contributed by atoms with Crippen molar-refractivity contribution in [3.63, 3.8) is 0 Å². The van der Waals surface area contributed by atoms with Crippen molar-refractivity contribution in [2.24, 2.45) is 17.8 Å². The first-order valence-electron chi connectivity index (χ1n) is 11.1. The van der Waals surface area contributed by atoms with Crippen molar-refractivity contribution < 1.29 is 19.0 Å². The summed E-state index contributed by atoms with van der Waals surface area (Å²) in [6, 6.07) is 0.344. The maximum absolute atomic E-state index is 11.9. The van der Waals surface area contributed by atoms with Crippen molar-refractivity contribution >= 4 is 6.09 Å². The van der Waals surface area contributed by atoms with Gasteiger partial charge >= 0.3 is 6.09 Å². The summed E-state index contributed by atoms with van der Waals surface area (Å²) in [6.07, 6.45) is 4.89. The summed E-state index contributed by atoms with van der Waals surface area (Å²) in [5, 5.41) is 11.5. The zero-order valence-corrected chi connectivity index (χ0v) is 18.1. The molecule has 1 heterocycles. The van der Waals surface area contributed by atoms with Crippen LogP contribution in [0.3, 0.4) is 0 Å². The van der Waals surface area contributed by atoms with Gasteiger partial charge < -0.3 is 19.5 Å². The van der Waals surface area contributed by atoms with Crippen LogP contribution in [-0.2, 0) is 27.1 Å². The largest absolute Gasteiger partial charge is 0.449 e. The van der Waals surface area contributed by atoms with Crippen LogP contribution in [0.15, 0.2) is 0 Å². The Morgan fingerprint density at radius 3 is 2.59 bits per heavy atom. The van der Waals surface area contributed by atoms with Gasteiger partial charge in [0, 0.05) is 19.2 Å². The lowest BCUT2D eigenvalue weighted by Gasteiger charge is -2.12. The van der Waals surface area contributed by atoms with E-state index in [1.54, 1.807) is 0 Å². The number of carbonyl (C=O) groups is 1. The topological polar surface area (TPSA) is 87.5 Å². The third-order valence-corrected chi connectivity index (χ3v) is 5.94. The number of hydrogen-bond donors (Lipinski definition) is 1. The van der Waals surface area contributed by atoms with Gasteiger partial charge in [-0.25, -0.2) is 9.48 Å². The molecule has 1 aromatic rings. The van der Waals surface area contributed by atoms with Crippen LogP contribution in [0.2, 0.25) is 0 Å². The molecular formula is C21H36N4O4. The summed E-state index contributed by atoms with van der Waals surface area (Å²) in [5.74, 6) is 1.78. The molecule has 1 saturated carbocycles. The predicted molar refractivity (Wildman–Crippen MR) is 109 cm³/mol. The third-order valence-electron chi connectivity index (χ3n) is 5.94. The molecule has 3 unspecified atom stereocenters. The minimum Gasteiger partial charge on any atom is -0.449 e. The average molecular weight is 409 g/mol. The molecule has 0 saturated heterocycles. The third kappa shape index (κ3) is 6.15. The molecular weight excluding hydrogens is 372 g/mol. The molecule has 2 aliphatic carbocycles. The molecule has 3 rings (SSSR count). The Morgan fingerprint density at radius 2 is 1.86 bits per heavy atom. The Kier molecular flexibility index (Phi) is 8.29. The lowest BCUT2D eigenvalue weighted by molar-refractivity contribution is 0.0484. The van der Waals surface area contributed by atoms with Gasteiger partial charge in [-0.15, -0.1) is 5.10 Å². The number of carbonyl (C=O) groups excluding carboxylic acids is 1. The first-order valence-corrected chi connectivity index (χ1v) is 11.1. The van der Waals surface area contributed by atoms with Gasteiger partial charge in [0.25, 0.3) is 0 Å². The molecule has 0 radical (unpaired) electrons. The molecule has 0 spiro atoms. The number of hydrogen-bond acceptors (Lipinski definition) is 6. The van der Waals surface area contributed by atoms with E-state index in [4.69, 9.17) is 14.2 Å². The van der Waals surface area contributed by atoms with E-state index in [0.29, 0.717) is 56.8 Å². The van der Waals surface area contributed by atoms with Crippen molar-refractivity contribution in [1.29, 1.82) is 0 Å². The number of nitrogens with one attached hydrogen (secondary N) is 1. The second kappa shape index (κ2) is 10.9. The van der Waals surface area contributed by atoms with Crippen LogP contribution in [0.1, 0.15) is 57.5 Å². The van der Waals surface area contributed by atoms with Crippen molar-refractivity contribution in [3.05, 3.63) is 11.4 Å². The molecule has 0 aromatic carbocycles. The van der Waals surface area contributed by atoms with E-state index in [9.17, 15) is 4.79 Å². The van der Waals surface area contributed by atoms with Crippen LogP contribution in [0.4, 0.5) is 4.79 Å². The predicted octanol–water partition coefficient (Wildman–Crippen LogP) is 2.77. The average Bonchev–Trinajstić information content (AvgIpc) is 3.17.